The van der Waals surface area contributed by atoms with Gasteiger partial charge in [-0.05, 0) is 38.5 Å². The minimum Gasteiger partial charge on any atom is -0.480 e. The molecule has 0 spiro atoms. The Hall–Kier alpha value is -1.77. The van der Waals surface area contributed by atoms with Gasteiger partial charge in [-0.25, -0.2) is 4.79 Å². The van der Waals surface area contributed by atoms with E-state index in [0.717, 1.165) is 25.7 Å². The Morgan fingerprint density at radius 2 is 1.95 bits per heavy atom. The number of carboxylic acids is 1. The lowest BCUT2D eigenvalue weighted by atomic mass is 9.61. The van der Waals surface area contributed by atoms with Crippen LogP contribution in [0.15, 0.2) is 0 Å². The van der Waals surface area contributed by atoms with E-state index >= 15 is 0 Å². The predicted octanol–water partition coefficient (Wildman–Crippen LogP) is 2.64. The van der Waals surface area contributed by atoms with Crippen LogP contribution in [0.2, 0.25) is 0 Å². The van der Waals surface area contributed by atoms with Crippen LogP contribution in [-0.2, 0) is 9.53 Å². The van der Waals surface area contributed by atoms with E-state index in [9.17, 15) is 20.0 Å². The second kappa shape index (κ2) is 6.99. The molecule has 1 unspecified atom stereocenters. The van der Waals surface area contributed by atoms with Crippen LogP contribution in [0.4, 0.5) is 4.79 Å². The highest BCUT2D eigenvalue weighted by Gasteiger charge is 2.51. The highest BCUT2D eigenvalue weighted by atomic mass is 16.6. The molecule has 1 saturated heterocycles. The maximum atomic E-state index is 11.8. The van der Waals surface area contributed by atoms with Crippen molar-refractivity contribution in [2.45, 2.75) is 45.4 Å². The molecule has 1 atom stereocenters. The maximum Gasteiger partial charge on any atom is 0.409 e. The van der Waals surface area contributed by atoms with Crippen LogP contribution in [0.5, 0.6) is 0 Å². The van der Waals surface area contributed by atoms with Crippen molar-refractivity contribution >= 4 is 12.1 Å². The molecule has 0 aromatic rings. The lowest BCUT2D eigenvalue weighted by Crippen LogP contribution is -2.50. The van der Waals surface area contributed by atoms with Gasteiger partial charge in [0.15, 0.2) is 0 Å². The molecule has 6 heteroatoms. The Bertz CT molecular complexity index is 457. The summed E-state index contributed by atoms with van der Waals surface area (Å²) in [6, 6.07) is 2.02. The quantitative estimate of drug-likeness (QED) is 0.862. The first-order valence-corrected chi connectivity index (χ1v) is 8.09. The summed E-state index contributed by atoms with van der Waals surface area (Å²) in [5, 5.41) is 18.9. The summed E-state index contributed by atoms with van der Waals surface area (Å²) in [6.07, 6.45) is 4.99. The van der Waals surface area contributed by atoms with Crippen molar-refractivity contribution in [2.24, 2.45) is 17.3 Å². The Morgan fingerprint density at radius 3 is 2.41 bits per heavy atom. The number of aliphatic carboxylic acids is 1. The van der Waals surface area contributed by atoms with E-state index in [-0.39, 0.29) is 12.0 Å². The van der Waals surface area contributed by atoms with Gasteiger partial charge in [0.25, 0.3) is 0 Å². The van der Waals surface area contributed by atoms with Gasteiger partial charge in [-0.15, -0.1) is 0 Å². The number of nitriles is 1. The minimum absolute atomic E-state index is 0.276. The molecule has 1 heterocycles. The van der Waals surface area contributed by atoms with Crippen LogP contribution < -0.4 is 0 Å². The van der Waals surface area contributed by atoms with Crippen molar-refractivity contribution in [1.82, 2.24) is 4.90 Å². The van der Waals surface area contributed by atoms with Crippen LogP contribution in [0.3, 0.4) is 0 Å². The summed E-state index contributed by atoms with van der Waals surface area (Å²) >= 11 is 0. The molecule has 22 heavy (non-hydrogen) atoms. The van der Waals surface area contributed by atoms with E-state index < -0.39 is 17.3 Å². The van der Waals surface area contributed by atoms with Crippen molar-refractivity contribution in [3.05, 3.63) is 0 Å². The normalized spacial score (nSPS) is 22.8. The monoisotopic (exact) mass is 308 g/mol. The molecule has 1 amide bonds. The molecule has 2 rings (SSSR count). The highest BCUT2D eigenvalue weighted by Crippen LogP contribution is 2.51. The van der Waals surface area contributed by atoms with E-state index in [1.54, 1.807) is 11.8 Å². The number of nitrogens with zero attached hydrogens (tertiary/aromatic N) is 2. The third kappa shape index (κ3) is 3.03. The molecule has 1 aliphatic carbocycles. The topological polar surface area (TPSA) is 90.6 Å². The number of carbonyl (C=O) groups excluding carboxylic acids is 1. The first kappa shape index (κ1) is 16.6. The molecule has 122 valence electrons. The number of piperidine rings is 1. The Kier molecular flexibility index (Phi) is 5.28. The number of carbonyl (C=O) groups is 2. The summed E-state index contributed by atoms with van der Waals surface area (Å²) in [6.45, 7) is 3.04. The summed E-state index contributed by atoms with van der Waals surface area (Å²) in [4.78, 5) is 25.0. The first-order valence-electron chi connectivity index (χ1n) is 8.09. The van der Waals surface area contributed by atoms with E-state index in [0.29, 0.717) is 32.5 Å². The molecule has 0 radical (unpaired) electrons. The average Bonchev–Trinajstić information content (AvgIpc) is 3.03. The summed E-state index contributed by atoms with van der Waals surface area (Å²) < 4.78 is 5.01. The van der Waals surface area contributed by atoms with Crippen molar-refractivity contribution in [2.75, 3.05) is 19.7 Å². The zero-order chi connectivity index (χ0) is 16.2. The van der Waals surface area contributed by atoms with Gasteiger partial charge in [-0.3, -0.25) is 4.79 Å². The molecule has 1 saturated carbocycles. The second-order valence-corrected chi connectivity index (χ2v) is 6.30. The van der Waals surface area contributed by atoms with Crippen molar-refractivity contribution < 1.29 is 19.4 Å². The number of amides is 1. The number of hydrogen-bond acceptors (Lipinski definition) is 4. The largest absolute Gasteiger partial charge is 0.480 e. The van der Waals surface area contributed by atoms with Crippen molar-refractivity contribution in [3.63, 3.8) is 0 Å². The van der Waals surface area contributed by atoms with Crippen LogP contribution in [-0.4, -0.2) is 41.8 Å². The third-order valence-electron chi connectivity index (χ3n) is 5.34. The molecular weight excluding hydrogens is 284 g/mol. The summed E-state index contributed by atoms with van der Waals surface area (Å²) in [5.74, 6) is -1.74. The molecule has 2 aliphatic rings. The van der Waals surface area contributed by atoms with Crippen LogP contribution in [0, 0.1) is 28.6 Å². The van der Waals surface area contributed by atoms with Crippen LogP contribution in [0.25, 0.3) is 0 Å². The first-order chi connectivity index (χ1) is 10.5. The van der Waals surface area contributed by atoms with Crippen molar-refractivity contribution in [1.29, 1.82) is 5.26 Å². The standard InChI is InChI=1S/C16H24N2O4/c1-2-22-15(21)18-9-7-16(8-10-18,12-5-3-4-6-12)13(11-17)14(19)20/h12-13H,2-10H2,1H3,(H,19,20). The Morgan fingerprint density at radius 1 is 1.36 bits per heavy atom. The van der Waals surface area contributed by atoms with Crippen LogP contribution >= 0.6 is 0 Å². The fraction of sp³-hybridized carbons (Fsp3) is 0.812. The molecule has 1 aliphatic heterocycles. The van der Waals surface area contributed by atoms with Gasteiger partial charge in [0.1, 0.15) is 5.92 Å². The van der Waals surface area contributed by atoms with Gasteiger partial charge in [-0.1, -0.05) is 12.8 Å². The Balaban J connectivity index is 2.17. The van der Waals surface area contributed by atoms with Gasteiger partial charge in [0, 0.05) is 18.5 Å². The van der Waals surface area contributed by atoms with Crippen molar-refractivity contribution in [3.8, 4) is 6.07 Å². The summed E-state index contributed by atoms with van der Waals surface area (Å²) in [7, 11) is 0. The lowest BCUT2D eigenvalue weighted by molar-refractivity contribution is -0.147. The molecule has 0 aromatic heterocycles. The second-order valence-electron chi connectivity index (χ2n) is 6.30. The average molecular weight is 308 g/mol. The fourth-order valence-electron chi connectivity index (χ4n) is 4.18. The SMILES string of the molecule is CCOC(=O)N1CCC(C2CCCC2)(C(C#N)C(=O)O)CC1. The third-order valence-corrected chi connectivity index (χ3v) is 5.34. The number of rotatable bonds is 4. The number of carboxylic acid groups (broad SMARTS) is 1. The molecule has 6 nitrogen and oxygen atoms in total. The molecule has 2 fully saturated rings. The number of ether oxygens (including phenoxy) is 1. The molecule has 1 N–H and O–H groups in total. The summed E-state index contributed by atoms with van der Waals surface area (Å²) in [5.41, 5.74) is -0.500. The van der Waals surface area contributed by atoms with Gasteiger partial charge >= 0.3 is 12.1 Å². The number of likely N-dealkylation sites (tertiary alicyclic amines) is 1. The van der Waals surface area contributed by atoms with E-state index in [2.05, 4.69) is 0 Å². The molecule has 0 bridgehead atoms. The van der Waals surface area contributed by atoms with E-state index in [1.807, 2.05) is 6.07 Å². The van der Waals surface area contributed by atoms with E-state index in [4.69, 9.17) is 4.74 Å². The van der Waals surface area contributed by atoms with Gasteiger partial charge in [0.2, 0.25) is 0 Å². The highest BCUT2D eigenvalue weighted by molar-refractivity contribution is 5.74. The zero-order valence-electron chi connectivity index (χ0n) is 13.1. The minimum atomic E-state index is -1.03. The predicted molar refractivity (Wildman–Crippen MR) is 79.0 cm³/mol. The van der Waals surface area contributed by atoms with E-state index in [1.165, 1.54) is 0 Å². The van der Waals surface area contributed by atoms with Gasteiger partial charge < -0.3 is 14.7 Å². The lowest BCUT2D eigenvalue weighted by Gasteiger charge is -2.46. The Labute approximate surface area is 131 Å². The smallest absolute Gasteiger partial charge is 0.409 e. The van der Waals surface area contributed by atoms with Crippen LogP contribution in [0.1, 0.15) is 45.4 Å². The fourth-order valence-corrected chi connectivity index (χ4v) is 4.18. The number of hydrogen-bond donors (Lipinski definition) is 1. The van der Waals surface area contributed by atoms with Gasteiger partial charge in [-0.2, -0.15) is 5.26 Å². The zero-order valence-corrected chi connectivity index (χ0v) is 13.1. The molecular formula is C16H24N2O4. The molecule has 0 aromatic carbocycles. The maximum absolute atomic E-state index is 11.8. The van der Waals surface area contributed by atoms with Gasteiger partial charge in [0.05, 0.1) is 12.7 Å².